The fourth-order valence-corrected chi connectivity index (χ4v) is 4.53. The van der Waals surface area contributed by atoms with Crippen LogP contribution >= 0.6 is 0 Å². The summed E-state index contributed by atoms with van der Waals surface area (Å²) in [6.45, 7) is 4.30. The largest absolute Gasteiger partial charge is 0.504 e. The molecule has 0 bridgehead atoms. The summed E-state index contributed by atoms with van der Waals surface area (Å²) < 4.78 is 5.10. The van der Waals surface area contributed by atoms with Crippen LogP contribution in [-0.2, 0) is 11.8 Å². The van der Waals surface area contributed by atoms with E-state index >= 15 is 0 Å². The van der Waals surface area contributed by atoms with Crippen molar-refractivity contribution < 1.29 is 19.7 Å². The Labute approximate surface area is 140 Å². The van der Waals surface area contributed by atoms with E-state index in [1.54, 1.807) is 6.07 Å². The number of aromatic hydroxyl groups is 2. The third kappa shape index (κ3) is 1.71. The summed E-state index contributed by atoms with van der Waals surface area (Å²) >= 11 is 0. The van der Waals surface area contributed by atoms with E-state index in [0.717, 1.165) is 5.56 Å². The van der Waals surface area contributed by atoms with Gasteiger partial charge in [-0.2, -0.15) is 0 Å². The number of Topliss-reactive ketones (excluding diaryl/α,β-unsaturated/α-hetero) is 1. The zero-order chi connectivity index (χ0) is 17.2. The molecule has 0 aliphatic heterocycles. The lowest BCUT2D eigenvalue weighted by Gasteiger charge is -2.35. The number of phenolic OH excluding ortho intramolecular Hbond substituents is 2. The number of phenols is 2. The van der Waals surface area contributed by atoms with Crippen molar-refractivity contribution in [1.82, 2.24) is 0 Å². The van der Waals surface area contributed by atoms with Crippen molar-refractivity contribution in [2.75, 3.05) is 7.11 Å². The predicted octanol–water partition coefficient (Wildman–Crippen LogP) is 3.54. The van der Waals surface area contributed by atoms with Gasteiger partial charge in [0.15, 0.2) is 17.3 Å². The molecular weight excluding hydrogens is 304 g/mol. The average Bonchev–Trinajstić information content (AvgIpc) is 2.80. The van der Waals surface area contributed by atoms with Gasteiger partial charge < -0.3 is 14.9 Å². The van der Waals surface area contributed by atoms with Crippen LogP contribution in [0.3, 0.4) is 0 Å². The van der Waals surface area contributed by atoms with Crippen LogP contribution in [0.1, 0.15) is 46.8 Å². The first-order chi connectivity index (χ1) is 11.4. The third-order valence-corrected chi connectivity index (χ3v) is 5.86. The first kappa shape index (κ1) is 15.1. The Hall–Kier alpha value is -2.49. The zero-order valence-electron chi connectivity index (χ0n) is 14.0. The molecule has 0 radical (unpaired) electrons. The van der Waals surface area contributed by atoms with Gasteiger partial charge in [-0.25, -0.2) is 0 Å². The maximum atomic E-state index is 13.2. The normalized spacial score (nSPS) is 23.4. The van der Waals surface area contributed by atoms with Gasteiger partial charge in [0.25, 0.3) is 0 Å². The van der Waals surface area contributed by atoms with E-state index in [0.29, 0.717) is 17.5 Å². The van der Waals surface area contributed by atoms with Gasteiger partial charge in [-0.1, -0.05) is 38.1 Å². The highest BCUT2D eigenvalue weighted by molar-refractivity contribution is 6.05. The summed E-state index contributed by atoms with van der Waals surface area (Å²) in [7, 11) is 1.41. The van der Waals surface area contributed by atoms with E-state index in [-0.39, 0.29) is 40.3 Å². The summed E-state index contributed by atoms with van der Waals surface area (Å²) in [6, 6.07) is 9.64. The maximum absolute atomic E-state index is 13.2. The fraction of sp³-hybridized carbons (Fsp3) is 0.350. The number of methoxy groups -OCH3 is 1. The molecule has 4 heteroatoms. The first-order valence-corrected chi connectivity index (χ1v) is 8.13. The number of ether oxygens (including phenoxy) is 1. The quantitative estimate of drug-likeness (QED) is 0.788. The lowest BCUT2D eigenvalue weighted by molar-refractivity contribution is 0.0896. The molecule has 0 saturated heterocycles. The SMILES string of the molecule is COc1cc2c(c(O)c1O)C[C@@H]1[C@@H](C2=O)c2ccccc2C1(C)C. The molecule has 4 rings (SSSR count). The fourth-order valence-electron chi connectivity index (χ4n) is 4.53. The molecule has 2 aromatic rings. The molecular formula is C20H20O4. The minimum absolute atomic E-state index is 0.00660. The van der Waals surface area contributed by atoms with Crippen molar-refractivity contribution >= 4 is 5.78 Å². The molecule has 2 atom stereocenters. The van der Waals surface area contributed by atoms with Gasteiger partial charge in [-0.3, -0.25) is 4.79 Å². The predicted molar refractivity (Wildman–Crippen MR) is 90.1 cm³/mol. The molecule has 0 spiro atoms. The number of carbonyl (C=O) groups excluding carboxylic acids is 1. The Morgan fingerprint density at radius 3 is 2.58 bits per heavy atom. The molecule has 0 heterocycles. The second kappa shape index (κ2) is 4.76. The van der Waals surface area contributed by atoms with Gasteiger partial charge in [0.2, 0.25) is 5.75 Å². The van der Waals surface area contributed by atoms with E-state index in [2.05, 4.69) is 19.9 Å². The molecule has 0 unspecified atom stereocenters. The van der Waals surface area contributed by atoms with E-state index < -0.39 is 0 Å². The highest BCUT2D eigenvalue weighted by atomic mass is 16.5. The van der Waals surface area contributed by atoms with Crippen LogP contribution in [-0.4, -0.2) is 23.1 Å². The summed E-state index contributed by atoms with van der Waals surface area (Å²) in [6.07, 6.45) is 0.552. The molecule has 24 heavy (non-hydrogen) atoms. The Balaban J connectivity index is 1.95. The van der Waals surface area contributed by atoms with Crippen LogP contribution in [0.5, 0.6) is 17.2 Å². The number of hydrogen-bond donors (Lipinski definition) is 2. The molecule has 2 aliphatic carbocycles. The van der Waals surface area contributed by atoms with E-state index in [1.165, 1.54) is 12.7 Å². The molecule has 2 aromatic carbocycles. The topological polar surface area (TPSA) is 66.8 Å². The monoisotopic (exact) mass is 324 g/mol. The number of carbonyl (C=O) groups is 1. The minimum Gasteiger partial charge on any atom is -0.504 e. The number of benzene rings is 2. The van der Waals surface area contributed by atoms with Crippen molar-refractivity contribution in [2.45, 2.75) is 31.6 Å². The van der Waals surface area contributed by atoms with Gasteiger partial charge in [-0.15, -0.1) is 0 Å². The van der Waals surface area contributed by atoms with Gasteiger partial charge in [0, 0.05) is 11.1 Å². The Kier molecular flexibility index (Phi) is 2.99. The highest BCUT2D eigenvalue weighted by Crippen LogP contribution is 2.57. The maximum Gasteiger partial charge on any atom is 0.200 e. The minimum atomic E-state index is -0.296. The van der Waals surface area contributed by atoms with E-state index in [1.807, 2.05) is 18.2 Å². The molecule has 124 valence electrons. The van der Waals surface area contributed by atoms with Gasteiger partial charge in [-0.05, 0) is 34.9 Å². The van der Waals surface area contributed by atoms with Crippen LogP contribution in [0.2, 0.25) is 0 Å². The summed E-state index contributed by atoms with van der Waals surface area (Å²) in [5.74, 6) is -0.555. The van der Waals surface area contributed by atoms with Gasteiger partial charge >= 0.3 is 0 Å². The summed E-state index contributed by atoms with van der Waals surface area (Å²) in [5, 5.41) is 20.5. The molecule has 0 saturated carbocycles. The first-order valence-electron chi connectivity index (χ1n) is 8.13. The highest BCUT2D eigenvalue weighted by Gasteiger charge is 2.52. The zero-order valence-corrected chi connectivity index (χ0v) is 14.0. The lowest BCUT2D eigenvalue weighted by atomic mass is 9.67. The molecule has 0 fully saturated rings. The van der Waals surface area contributed by atoms with Crippen molar-refractivity contribution in [2.24, 2.45) is 5.92 Å². The van der Waals surface area contributed by atoms with E-state index in [9.17, 15) is 15.0 Å². The Bertz CT molecular complexity index is 866. The van der Waals surface area contributed by atoms with Crippen molar-refractivity contribution in [3.63, 3.8) is 0 Å². The molecule has 2 aliphatic rings. The Morgan fingerprint density at radius 1 is 1.17 bits per heavy atom. The summed E-state index contributed by atoms with van der Waals surface area (Å²) in [5.41, 5.74) is 3.08. The second-order valence-corrected chi connectivity index (χ2v) is 7.26. The van der Waals surface area contributed by atoms with Crippen LogP contribution in [0.15, 0.2) is 30.3 Å². The number of fused-ring (bicyclic) bond motifs is 4. The van der Waals surface area contributed by atoms with Crippen molar-refractivity contribution in [3.05, 3.63) is 52.6 Å². The average molecular weight is 324 g/mol. The summed E-state index contributed by atoms with van der Waals surface area (Å²) in [4.78, 5) is 13.2. The van der Waals surface area contributed by atoms with Crippen molar-refractivity contribution in [3.8, 4) is 17.2 Å². The van der Waals surface area contributed by atoms with Crippen LogP contribution in [0, 0.1) is 5.92 Å². The van der Waals surface area contributed by atoms with Crippen LogP contribution in [0.25, 0.3) is 0 Å². The third-order valence-electron chi connectivity index (χ3n) is 5.86. The number of rotatable bonds is 1. The van der Waals surface area contributed by atoms with Gasteiger partial charge in [0.1, 0.15) is 0 Å². The molecule has 0 aromatic heterocycles. The smallest absolute Gasteiger partial charge is 0.200 e. The Morgan fingerprint density at radius 2 is 1.88 bits per heavy atom. The van der Waals surface area contributed by atoms with Gasteiger partial charge in [0.05, 0.1) is 13.0 Å². The van der Waals surface area contributed by atoms with Crippen LogP contribution in [0.4, 0.5) is 0 Å². The molecule has 0 amide bonds. The standard InChI is InChI=1S/C20H20O4/c1-20(2)13-7-5-4-6-10(13)16-14(20)8-11-12(17(16)21)9-15(24-3)19(23)18(11)22/h4-7,9,14,16,22-23H,8H2,1-3H3/t14-,16+/m1/s1. The van der Waals surface area contributed by atoms with Crippen LogP contribution < -0.4 is 4.74 Å². The lowest BCUT2D eigenvalue weighted by Crippen LogP contribution is -2.35. The van der Waals surface area contributed by atoms with E-state index in [4.69, 9.17) is 4.74 Å². The van der Waals surface area contributed by atoms with Crippen molar-refractivity contribution in [1.29, 1.82) is 0 Å². The molecule has 2 N–H and O–H groups in total. The second-order valence-electron chi connectivity index (χ2n) is 7.26. The number of hydrogen-bond acceptors (Lipinski definition) is 4. The molecule has 4 nitrogen and oxygen atoms in total. The number of ketones is 1.